The largest absolute Gasteiger partial charge is 0.509 e. The average Bonchev–Trinajstić information content (AvgIpc) is 2.36. The van der Waals surface area contributed by atoms with E-state index in [0.717, 1.165) is 12.0 Å². The number of hydrogen-bond acceptors (Lipinski definition) is 3. The van der Waals surface area contributed by atoms with Gasteiger partial charge >= 0.3 is 6.16 Å². The smallest absolute Gasteiger partial charge is 0.438 e. The highest BCUT2D eigenvalue weighted by molar-refractivity contribution is 5.60. The summed E-state index contributed by atoms with van der Waals surface area (Å²) in [5.41, 5.74) is 0.792. The van der Waals surface area contributed by atoms with Gasteiger partial charge in [0, 0.05) is 5.41 Å². The fourth-order valence-electron chi connectivity index (χ4n) is 1.78. The fraction of sp³-hybridized carbons (Fsp3) is 0.400. The molecular formula is C15H18O3. The average molecular weight is 246 g/mol. The molecule has 0 N–H and O–H groups in total. The number of ether oxygens (including phenoxy) is 2. The molecule has 1 atom stereocenters. The number of rotatable bonds is 4. The molecule has 18 heavy (non-hydrogen) atoms. The zero-order valence-corrected chi connectivity index (χ0v) is 11.0. The Kier molecular flexibility index (Phi) is 4.79. The van der Waals surface area contributed by atoms with Gasteiger partial charge in [-0.05, 0) is 12.0 Å². The molecule has 0 aromatic heterocycles. The summed E-state index contributed by atoms with van der Waals surface area (Å²) in [6.07, 6.45) is 4.78. The quantitative estimate of drug-likeness (QED) is 0.605. The molecule has 3 nitrogen and oxygen atoms in total. The van der Waals surface area contributed by atoms with Gasteiger partial charge in [0.15, 0.2) is 6.10 Å². The Bertz CT molecular complexity index is 429. The zero-order valence-electron chi connectivity index (χ0n) is 11.0. The van der Waals surface area contributed by atoms with E-state index in [1.54, 1.807) is 0 Å². The maximum absolute atomic E-state index is 11.1. The highest BCUT2D eigenvalue weighted by Gasteiger charge is 2.32. The molecule has 0 heterocycles. The van der Waals surface area contributed by atoms with Gasteiger partial charge in [-0.1, -0.05) is 50.1 Å². The van der Waals surface area contributed by atoms with E-state index >= 15 is 0 Å². The molecule has 1 aromatic rings. The standard InChI is InChI=1S/C15H18O3/c1-5-13(18-14(16)17-4)15(2,3)11-12-9-7-6-8-10-12/h1,6-10,13H,11H2,2-4H3. The van der Waals surface area contributed by atoms with Crippen molar-refractivity contribution in [1.29, 1.82) is 0 Å². The summed E-state index contributed by atoms with van der Waals surface area (Å²) in [7, 11) is 1.26. The van der Waals surface area contributed by atoms with Crippen LogP contribution in [0.5, 0.6) is 0 Å². The van der Waals surface area contributed by atoms with Crippen molar-refractivity contribution < 1.29 is 14.3 Å². The van der Waals surface area contributed by atoms with Crippen molar-refractivity contribution in [1.82, 2.24) is 0 Å². The molecule has 1 aromatic carbocycles. The van der Waals surface area contributed by atoms with Crippen LogP contribution in [0.2, 0.25) is 0 Å². The number of methoxy groups -OCH3 is 1. The Labute approximate surface area is 108 Å². The molecule has 0 amide bonds. The monoisotopic (exact) mass is 246 g/mol. The zero-order chi connectivity index (χ0) is 13.6. The summed E-state index contributed by atoms with van der Waals surface area (Å²) in [6.45, 7) is 3.93. The topological polar surface area (TPSA) is 35.5 Å². The van der Waals surface area contributed by atoms with Crippen molar-refractivity contribution >= 4 is 6.16 Å². The maximum atomic E-state index is 11.1. The number of hydrogen-bond donors (Lipinski definition) is 0. The minimum Gasteiger partial charge on any atom is -0.438 e. The summed E-state index contributed by atoms with van der Waals surface area (Å²) in [6, 6.07) is 9.94. The lowest BCUT2D eigenvalue weighted by Crippen LogP contribution is -2.34. The summed E-state index contributed by atoms with van der Waals surface area (Å²) in [5, 5.41) is 0. The van der Waals surface area contributed by atoms with Crippen molar-refractivity contribution in [2.24, 2.45) is 5.41 Å². The Morgan fingerprint density at radius 3 is 2.50 bits per heavy atom. The third-order valence-corrected chi connectivity index (χ3v) is 2.74. The van der Waals surface area contributed by atoms with Gasteiger partial charge in [-0.15, -0.1) is 6.42 Å². The van der Waals surface area contributed by atoms with Crippen LogP contribution in [0.25, 0.3) is 0 Å². The van der Waals surface area contributed by atoms with E-state index < -0.39 is 12.3 Å². The van der Waals surface area contributed by atoms with Gasteiger partial charge in [-0.25, -0.2) is 4.79 Å². The minimum absolute atomic E-state index is 0.357. The molecule has 0 radical (unpaired) electrons. The van der Waals surface area contributed by atoms with E-state index in [1.807, 2.05) is 44.2 Å². The molecule has 0 saturated carbocycles. The van der Waals surface area contributed by atoms with Crippen LogP contribution >= 0.6 is 0 Å². The molecule has 3 heteroatoms. The highest BCUT2D eigenvalue weighted by Crippen LogP contribution is 2.28. The van der Waals surface area contributed by atoms with Crippen molar-refractivity contribution in [2.45, 2.75) is 26.4 Å². The first-order valence-electron chi connectivity index (χ1n) is 5.74. The van der Waals surface area contributed by atoms with Crippen LogP contribution in [0, 0.1) is 17.8 Å². The molecule has 0 aliphatic carbocycles. The van der Waals surface area contributed by atoms with Gasteiger partial charge in [-0.3, -0.25) is 0 Å². The second kappa shape index (κ2) is 6.11. The normalized spacial score (nSPS) is 12.3. The van der Waals surface area contributed by atoms with Gasteiger partial charge in [0.2, 0.25) is 0 Å². The molecule has 0 saturated heterocycles. The Balaban J connectivity index is 2.77. The van der Waals surface area contributed by atoms with Gasteiger partial charge in [-0.2, -0.15) is 0 Å². The molecular weight excluding hydrogens is 228 g/mol. The van der Waals surface area contributed by atoms with Crippen molar-refractivity contribution in [3.63, 3.8) is 0 Å². The summed E-state index contributed by atoms with van der Waals surface area (Å²) < 4.78 is 9.56. The van der Waals surface area contributed by atoms with E-state index in [1.165, 1.54) is 7.11 Å². The minimum atomic E-state index is -0.751. The number of benzene rings is 1. The van der Waals surface area contributed by atoms with E-state index in [4.69, 9.17) is 11.2 Å². The SMILES string of the molecule is C#CC(OC(=O)OC)C(C)(C)Cc1ccccc1. The van der Waals surface area contributed by atoms with E-state index in [2.05, 4.69) is 10.7 Å². The van der Waals surface area contributed by atoms with Crippen LogP contribution in [0.4, 0.5) is 4.79 Å². The maximum Gasteiger partial charge on any atom is 0.509 e. The Morgan fingerprint density at radius 1 is 1.39 bits per heavy atom. The van der Waals surface area contributed by atoms with Gasteiger partial charge in [0.25, 0.3) is 0 Å². The van der Waals surface area contributed by atoms with Gasteiger partial charge in [0.05, 0.1) is 7.11 Å². The molecule has 1 unspecified atom stereocenters. The molecule has 0 spiro atoms. The molecule has 0 fully saturated rings. The second-order valence-electron chi connectivity index (χ2n) is 4.77. The second-order valence-corrected chi connectivity index (χ2v) is 4.77. The van der Waals surface area contributed by atoms with Crippen LogP contribution in [-0.2, 0) is 15.9 Å². The number of terminal acetylenes is 1. The van der Waals surface area contributed by atoms with Crippen molar-refractivity contribution in [2.75, 3.05) is 7.11 Å². The van der Waals surface area contributed by atoms with Crippen LogP contribution in [0.3, 0.4) is 0 Å². The first-order valence-corrected chi connectivity index (χ1v) is 5.74. The van der Waals surface area contributed by atoms with Gasteiger partial charge < -0.3 is 9.47 Å². The van der Waals surface area contributed by atoms with Gasteiger partial charge in [0.1, 0.15) is 0 Å². The summed E-state index contributed by atoms with van der Waals surface area (Å²) in [5.74, 6) is 2.50. The molecule has 0 aliphatic rings. The Hall–Kier alpha value is -1.95. The van der Waals surface area contributed by atoms with E-state index in [9.17, 15) is 4.79 Å². The van der Waals surface area contributed by atoms with Crippen molar-refractivity contribution in [3.8, 4) is 12.3 Å². The van der Waals surface area contributed by atoms with Crippen LogP contribution in [0.15, 0.2) is 30.3 Å². The predicted octanol–water partition coefficient (Wildman–Crippen LogP) is 3.04. The van der Waals surface area contributed by atoms with Crippen molar-refractivity contribution in [3.05, 3.63) is 35.9 Å². The Morgan fingerprint density at radius 2 is 2.00 bits per heavy atom. The molecule has 1 rings (SSSR count). The van der Waals surface area contributed by atoms with Crippen LogP contribution < -0.4 is 0 Å². The number of carbonyl (C=O) groups is 1. The molecule has 0 bridgehead atoms. The lowest BCUT2D eigenvalue weighted by Gasteiger charge is -2.30. The highest BCUT2D eigenvalue weighted by atomic mass is 16.7. The van der Waals surface area contributed by atoms with Crippen LogP contribution in [-0.4, -0.2) is 19.4 Å². The molecule has 0 aliphatic heterocycles. The fourth-order valence-corrected chi connectivity index (χ4v) is 1.78. The lowest BCUT2D eigenvalue weighted by atomic mass is 9.80. The first-order chi connectivity index (χ1) is 8.49. The molecule has 96 valence electrons. The van der Waals surface area contributed by atoms with Crippen LogP contribution in [0.1, 0.15) is 19.4 Å². The van der Waals surface area contributed by atoms with E-state index in [-0.39, 0.29) is 5.41 Å². The first kappa shape index (κ1) is 14.1. The number of carbonyl (C=O) groups excluding carboxylic acids is 1. The third-order valence-electron chi connectivity index (χ3n) is 2.74. The summed E-state index contributed by atoms with van der Waals surface area (Å²) in [4.78, 5) is 11.1. The lowest BCUT2D eigenvalue weighted by molar-refractivity contribution is 0.0132. The van der Waals surface area contributed by atoms with E-state index in [0.29, 0.717) is 0 Å². The third kappa shape index (κ3) is 3.81. The summed E-state index contributed by atoms with van der Waals surface area (Å²) >= 11 is 0. The predicted molar refractivity (Wildman–Crippen MR) is 70.0 cm³/mol.